The minimum absolute atomic E-state index is 0.268. The van der Waals surface area contributed by atoms with Gasteiger partial charge < -0.3 is 29.2 Å². The molecule has 2 aromatic heterocycles. The van der Waals surface area contributed by atoms with Gasteiger partial charge in [-0.1, -0.05) is 12.1 Å². The number of pyridine rings is 1. The van der Waals surface area contributed by atoms with Crippen LogP contribution in [0.15, 0.2) is 54.6 Å². The maximum absolute atomic E-state index is 12.8. The van der Waals surface area contributed by atoms with Crippen molar-refractivity contribution in [1.82, 2.24) is 15.3 Å². The second-order valence-electron chi connectivity index (χ2n) is 7.22. The Morgan fingerprint density at radius 2 is 1.58 bits per heavy atom. The number of benzene rings is 2. The number of H-pyrrole nitrogens is 1. The van der Waals surface area contributed by atoms with E-state index >= 15 is 0 Å². The molecule has 0 aliphatic rings. The zero-order chi connectivity index (χ0) is 23.4. The van der Waals surface area contributed by atoms with Gasteiger partial charge in [0.2, 0.25) is 5.75 Å². The summed E-state index contributed by atoms with van der Waals surface area (Å²) in [6.45, 7) is 0.301. The van der Waals surface area contributed by atoms with Crippen LogP contribution in [0.25, 0.3) is 22.3 Å². The fraction of sp³-hybridized carbons (Fsp3) is 0.200. The van der Waals surface area contributed by atoms with Gasteiger partial charge in [0.15, 0.2) is 11.5 Å². The zero-order valence-electron chi connectivity index (χ0n) is 18.9. The van der Waals surface area contributed by atoms with E-state index in [-0.39, 0.29) is 5.91 Å². The van der Waals surface area contributed by atoms with Crippen molar-refractivity contribution in [2.24, 2.45) is 0 Å². The molecule has 170 valence electrons. The van der Waals surface area contributed by atoms with Crippen LogP contribution < -0.4 is 24.3 Å². The highest BCUT2D eigenvalue weighted by Crippen LogP contribution is 2.38. The number of aromatic nitrogens is 2. The van der Waals surface area contributed by atoms with Gasteiger partial charge in [0.1, 0.15) is 5.75 Å². The Bertz CT molecular complexity index is 1270. The van der Waals surface area contributed by atoms with Crippen molar-refractivity contribution in [1.29, 1.82) is 0 Å². The van der Waals surface area contributed by atoms with Crippen molar-refractivity contribution in [3.8, 4) is 34.3 Å². The molecule has 33 heavy (non-hydrogen) atoms. The molecule has 0 aliphatic heterocycles. The predicted octanol–water partition coefficient (Wildman–Crippen LogP) is 4.19. The number of rotatable bonds is 8. The van der Waals surface area contributed by atoms with Crippen molar-refractivity contribution >= 4 is 16.9 Å². The second-order valence-corrected chi connectivity index (χ2v) is 7.22. The molecule has 0 fully saturated rings. The number of aromatic amines is 1. The van der Waals surface area contributed by atoms with Crippen LogP contribution in [0.5, 0.6) is 23.0 Å². The predicted molar refractivity (Wildman–Crippen MR) is 125 cm³/mol. The van der Waals surface area contributed by atoms with Crippen LogP contribution in [0.3, 0.4) is 0 Å². The van der Waals surface area contributed by atoms with Gasteiger partial charge in [-0.2, -0.15) is 0 Å². The van der Waals surface area contributed by atoms with Crippen molar-refractivity contribution in [2.75, 3.05) is 28.4 Å². The number of fused-ring (bicyclic) bond motifs is 1. The molecule has 0 atom stereocenters. The van der Waals surface area contributed by atoms with E-state index in [0.29, 0.717) is 29.4 Å². The number of ether oxygens (including phenoxy) is 4. The van der Waals surface area contributed by atoms with Crippen molar-refractivity contribution < 1.29 is 23.7 Å². The Balaban J connectivity index is 1.53. The number of hydrogen-bond donors (Lipinski definition) is 2. The number of nitrogens with zero attached hydrogens (tertiary/aromatic N) is 1. The molecule has 8 nitrogen and oxygen atoms in total. The first kappa shape index (κ1) is 22.0. The molecule has 0 saturated carbocycles. The van der Waals surface area contributed by atoms with Gasteiger partial charge in [0.25, 0.3) is 5.91 Å². The van der Waals surface area contributed by atoms with Gasteiger partial charge in [-0.15, -0.1) is 0 Å². The van der Waals surface area contributed by atoms with E-state index in [1.807, 2.05) is 42.5 Å². The molecular weight excluding hydrogens is 422 g/mol. The van der Waals surface area contributed by atoms with E-state index in [1.54, 1.807) is 19.2 Å². The van der Waals surface area contributed by atoms with Gasteiger partial charge in [0, 0.05) is 16.8 Å². The van der Waals surface area contributed by atoms with Crippen molar-refractivity contribution in [2.45, 2.75) is 6.54 Å². The molecule has 0 saturated heterocycles. The Hall–Kier alpha value is -4.20. The molecule has 0 radical (unpaired) electrons. The molecule has 2 aromatic carbocycles. The Kier molecular flexibility index (Phi) is 6.35. The third-order valence-electron chi connectivity index (χ3n) is 5.28. The topological polar surface area (TPSA) is 94.7 Å². The largest absolute Gasteiger partial charge is 0.496 e. The molecule has 4 rings (SSSR count). The Morgan fingerprint density at radius 3 is 2.24 bits per heavy atom. The SMILES string of the molecule is COc1ccccc1-c1ccc2[nH]c(CNC(=O)c3cc(OC)c(OC)c(OC)c3)cc2n1. The highest BCUT2D eigenvalue weighted by molar-refractivity contribution is 5.95. The summed E-state index contributed by atoms with van der Waals surface area (Å²) in [7, 11) is 6.18. The van der Waals surface area contributed by atoms with Gasteiger partial charge in [-0.25, -0.2) is 4.98 Å². The summed E-state index contributed by atoms with van der Waals surface area (Å²) in [5, 5.41) is 2.91. The van der Waals surface area contributed by atoms with Gasteiger partial charge in [-0.3, -0.25) is 4.79 Å². The molecule has 2 N–H and O–H groups in total. The number of para-hydroxylation sites is 1. The van der Waals surface area contributed by atoms with Crippen molar-refractivity contribution in [3.63, 3.8) is 0 Å². The number of carbonyl (C=O) groups excluding carboxylic acids is 1. The summed E-state index contributed by atoms with van der Waals surface area (Å²) < 4.78 is 21.4. The fourth-order valence-electron chi connectivity index (χ4n) is 3.66. The molecule has 4 aromatic rings. The maximum atomic E-state index is 12.8. The normalized spacial score (nSPS) is 10.7. The maximum Gasteiger partial charge on any atom is 0.251 e. The molecule has 8 heteroatoms. The van der Waals surface area contributed by atoms with Crippen molar-refractivity contribution in [3.05, 3.63) is 65.9 Å². The summed E-state index contributed by atoms with van der Waals surface area (Å²) in [6, 6.07) is 16.8. The highest BCUT2D eigenvalue weighted by atomic mass is 16.5. The van der Waals surface area contributed by atoms with E-state index < -0.39 is 0 Å². The van der Waals surface area contributed by atoms with Crippen LogP contribution in [0, 0.1) is 0 Å². The molecule has 0 aliphatic carbocycles. The third-order valence-corrected chi connectivity index (χ3v) is 5.28. The van der Waals surface area contributed by atoms with Gasteiger partial charge in [0.05, 0.1) is 51.7 Å². The van der Waals surface area contributed by atoms with E-state index in [2.05, 4.69) is 10.3 Å². The number of methoxy groups -OCH3 is 4. The lowest BCUT2D eigenvalue weighted by atomic mass is 10.1. The summed E-state index contributed by atoms with van der Waals surface area (Å²) in [5.74, 6) is 1.76. The highest BCUT2D eigenvalue weighted by Gasteiger charge is 2.17. The minimum atomic E-state index is -0.268. The van der Waals surface area contributed by atoms with E-state index in [4.69, 9.17) is 23.9 Å². The molecule has 1 amide bonds. The van der Waals surface area contributed by atoms with Crippen LogP contribution >= 0.6 is 0 Å². The standard InChI is InChI=1S/C25H25N3O5/c1-30-21-8-6-5-7-17(21)18-9-10-19-20(28-18)13-16(27-19)14-26-25(29)15-11-22(31-2)24(33-4)23(12-15)32-3/h5-13,27H,14H2,1-4H3,(H,26,29). The lowest BCUT2D eigenvalue weighted by Crippen LogP contribution is -2.23. The first-order chi connectivity index (χ1) is 16.1. The molecule has 0 unspecified atom stereocenters. The first-order valence-electron chi connectivity index (χ1n) is 10.3. The summed E-state index contributed by atoms with van der Waals surface area (Å²) in [5.41, 5.74) is 4.64. The number of nitrogens with one attached hydrogen (secondary N) is 2. The van der Waals surface area contributed by atoms with E-state index in [0.717, 1.165) is 33.7 Å². The van der Waals surface area contributed by atoms with Crippen LogP contribution in [0.1, 0.15) is 16.1 Å². The fourth-order valence-corrected chi connectivity index (χ4v) is 3.66. The lowest BCUT2D eigenvalue weighted by Gasteiger charge is -2.14. The van der Waals surface area contributed by atoms with Gasteiger partial charge in [-0.05, 0) is 42.5 Å². The first-order valence-corrected chi connectivity index (χ1v) is 10.3. The monoisotopic (exact) mass is 447 g/mol. The summed E-state index contributed by atoms with van der Waals surface area (Å²) >= 11 is 0. The zero-order valence-corrected chi connectivity index (χ0v) is 18.9. The second kappa shape index (κ2) is 9.52. The average Bonchev–Trinajstić information content (AvgIpc) is 3.28. The molecule has 0 spiro atoms. The quantitative estimate of drug-likeness (QED) is 0.421. The summed E-state index contributed by atoms with van der Waals surface area (Å²) in [4.78, 5) is 20.8. The Labute approximate surface area is 191 Å². The number of carbonyl (C=O) groups is 1. The third kappa shape index (κ3) is 4.41. The lowest BCUT2D eigenvalue weighted by molar-refractivity contribution is 0.0949. The van der Waals surface area contributed by atoms with Crippen LogP contribution in [0.4, 0.5) is 0 Å². The molecule has 2 heterocycles. The smallest absolute Gasteiger partial charge is 0.251 e. The average molecular weight is 447 g/mol. The minimum Gasteiger partial charge on any atom is -0.496 e. The van der Waals surface area contributed by atoms with Gasteiger partial charge >= 0.3 is 0 Å². The van der Waals surface area contributed by atoms with Crippen LogP contribution in [-0.2, 0) is 6.54 Å². The van der Waals surface area contributed by atoms with Crippen LogP contribution in [-0.4, -0.2) is 44.3 Å². The number of hydrogen-bond acceptors (Lipinski definition) is 6. The molecule has 0 bridgehead atoms. The molecular formula is C25H25N3O5. The van der Waals surface area contributed by atoms with E-state index in [1.165, 1.54) is 21.3 Å². The summed E-state index contributed by atoms with van der Waals surface area (Å²) in [6.07, 6.45) is 0. The van der Waals surface area contributed by atoms with Crippen LogP contribution in [0.2, 0.25) is 0 Å². The number of amides is 1. The van der Waals surface area contributed by atoms with E-state index in [9.17, 15) is 4.79 Å². The Morgan fingerprint density at radius 1 is 0.879 bits per heavy atom.